The number of nitrogens with zero attached hydrogens (tertiary/aromatic N) is 3. The van der Waals surface area contributed by atoms with Crippen LogP contribution in [0.4, 0.5) is 13.2 Å². The van der Waals surface area contributed by atoms with Gasteiger partial charge in [-0.2, -0.15) is 13.2 Å². The molecule has 5 nitrogen and oxygen atoms in total. The van der Waals surface area contributed by atoms with Gasteiger partial charge in [0.2, 0.25) is 5.91 Å². The van der Waals surface area contributed by atoms with Crippen LogP contribution in [0.3, 0.4) is 0 Å². The van der Waals surface area contributed by atoms with Crippen LogP contribution in [-0.2, 0) is 17.9 Å². The van der Waals surface area contributed by atoms with Crippen molar-refractivity contribution in [1.29, 1.82) is 0 Å². The Balaban J connectivity index is 1.91. The van der Waals surface area contributed by atoms with Crippen molar-refractivity contribution in [2.24, 2.45) is 0 Å². The molecule has 1 amide bonds. The van der Waals surface area contributed by atoms with Gasteiger partial charge >= 0.3 is 6.18 Å². The number of alkyl halides is 3. The Morgan fingerprint density at radius 3 is 2.54 bits per heavy atom. The number of imidazole rings is 1. The highest BCUT2D eigenvalue weighted by Crippen LogP contribution is 2.22. The van der Waals surface area contributed by atoms with Crippen molar-refractivity contribution in [2.45, 2.75) is 46.0 Å². The molecule has 0 aromatic carbocycles. The number of halogens is 3. The molecule has 2 rings (SSSR count). The van der Waals surface area contributed by atoms with Gasteiger partial charge in [0, 0.05) is 47.6 Å². The van der Waals surface area contributed by atoms with Crippen LogP contribution in [0, 0.1) is 13.8 Å². The van der Waals surface area contributed by atoms with Crippen LogP contribution in [0.2, 0.25) is 0 Å². The Morgan fingerprint density at radius 2 is 1.96 bits per heavy atom. The summed E-state index contributed by atoms with van der Waals surface area (Å²) in [5.41, 5.74) is 0.628. The molecule has 2 heterocycles. The molecule has 0 bridgehead atoms. The third-order valence-electron chi connectivity index (χ3n) is 3.86. The lowest BCUT2D eigenvalue weighted by molar-refractivity contribution is -0.141. The van der Waals surface area contributed by atoms with Gasteiger partial charge in [-0.15, -0.1) is 11.3 Å². The molecule has 0 aliphatic heterocycles. The third-order valence-corrected chi connectivity index (χ3v) is 4.83. The minimum atomic E-state index is -4.36. The van der Waals surface area contributed by atoms with Crippen LogP contribution < -0.4 is 0 Å². The summed E-state index contributed by atoms with van der Waals surface area (Å²) in [6.45, 7) is 2.57. The molecule has 142 valence electrons. The summed E-state index contributed by atoms with van der Waals surface area (Å²) in [5, 5.41) is 0. The predicted molar refractivity (Wildman–Crippen MR) is 92.1 cm³/mol. The monoisotopic (exact) mass is 387 g/mol. The van der Waals surface area contributed by atoms with Gasteiger partial charge in [0.25, 0.3) is 0 Å². The number of thiophene rings is 1. The second-order valence-corrected chi connectivity index (χ2v) is 7.55. The third kappa shape index (κ3) is 5.42. The van der Waals surface area contributed by atoms with E-state index >= 15 is 0 Å². The molecule has 0 aliphatic carbocycles. The van der Waals surface area contributed by atoms with Crippen molar-refractivity contribution in [1.82, 2.24) is 14.5 Å². The van der Waals surface area contributed by atoms with Crippen LogP contribution in [0.15, 0.2) is 18.5 Å². The number of hydrogen-bond acceptors (Lipinski definition) is 4. The Kier molecular flexibility index (Phi) is 6.22. The zero-order chi connectivity index (χ0) is 19.5. The van der Waals surface area contributed by atoms with E-state index < -0.39 is 12.7 Å². The van der Waals surface area contributed by atoms with Crippen molar-refractivity contribution < 1.29 is 22.8 Å². The Labute approximate surface area is 153 Å². The van der Waals surface area contributed by atoms with E-state index in [1.54, 1.807) is 0 Å². The second-order valence-electron chi connectivity index (χ2n) is 6.09. The average molecular weight is 387 g/mol. The number of ketones is 1. The highest BCUT2D eigenvalue weighted by Gasteiger charge is 2.29. The smallest absolute Gasteiger partial charge is 0.338 e. The fourth-order valence-corrected chi connectivity index (χ4v) is 3.53. The summed E-state index contributed by atoms with van der Waals surface area (Å²) in [6.07, 6.45) is -1.79. The van der Waals surface area contributed by atoms with Crippen LogP contribution in [0.25, 0.3) is 0 Å². The molecule has 0 saturated carbocycles. The fourth-order valence-electron chi connectivity index (χ4n) is 2.58. The van der Waals surface area contributed by atoms with E-state index in [1.165, 1.54) is 35.7 Å². The van der Waals surface area contributed by atoms with Crippen LogP contribution >= 0.6 is 11.3 Å². The van der Waals surface area contributed by atoms with E-state index in [9.17, 15) is 22.8 Å². The number of Topliss-reactive ketones (excluding diaryl/α,β-unsaturated/α-hetero) is 1. The van der Waals surface area contributed by atoms with Gasteiger partial charge in [-0.3, -0.25) is 9.59 Å². The first-order valence-electron chi connectivity index (χ1n) is 7.98. The first-order valence-corrected chi connectivity index (χ1v) is 8.79. The number of hydrogen-bond donors (Lipinski definition) is 0. The lowest BCUT2D eigenvalue weighted by Crippen LogP contribution is -2.29. The van der Waals surface area contributed by atoms with Gasteiger partial charge in [0.1, 0.15) is 12.4 Å². The maximum absolute atomic E-state index is 12.5. The maximum Gasteiger partial charge on any atom is 0.406 e. The van der Waals surface area contributed by atoms with Crippen molar-refractivity contribution in [2.75, 3.05) is 7.05 Å². The van der Waals surface area contributed by atoms with E-state index in [4.69, 9.17) is 0 Å². The minimum absolute atomic E-state index is 0.00362. The van der Waals surface area contributed by atoms with Gasteiger partial charge in [-0.25, -0.2) is 4.98 Å². The molecule has 2 aromatic rings. The van der Waals surface area contributed by atoms with Crippen LogP contribution in [0.5, 0.6) is 0 Å². The van der Waals surface area contributed by atoms with E-state index in [1.807, 2.05) is 19.9 Å². The number of carbonyl (C=O) groups excluding carboxylic acids is 2. The molecule has 0 spiro atoms. The van der Waals surface area contributed by atoms with Gasteiger partial charge in [-0.05, 0) is 19.9 Å². The number of aryl methyl sites for hydroxylation is 2. The summed E-state index contributed by atoms with van der Waals surface area (Å²) in [4.78, 5) is 31.6. The number of amides is 1. The molecule has 0 unspecified atom stereocenters. The summed E-state index contributed by atoms with van der Waals surface area (Å²) in [6, 6.07) is 1.81. The molecule has 0 saturated heterocycles. The van der Waals surface area contributed by atoms with Crippen molar-refractivity contribution >= 4 is 23.0 Å². The SMILES string of the molecule is Cc1cc(C(=O)CCC(=O)N(C)Cc2nccn2CC(F)(F)F)c(C)s1. The quantitative estimate of drug-likeness (QED) is 0.680. The Hall–Kier alpha value is -2.16. The minimum Gasteiger partial charge on any atom is -0.338 e. The number of carbonyl (C=O) groups is 2. The average Bonchev–Trinajstić information content (AvgIpc) is 3.08. The van der Waals surface area contributed by atoms with E-state index in [-0.39, 0.29) is 36.9 Å². The molecule has 0 fully saturated rings. The molecule has 0 aliphatic rings. The first-order chi connectivity index (χ1) is 12.1. The maximum atomic E-state index is 12.5. The highest BCUT2D eigenvalue weighted by molar-refractivity contribution is 7.12. The number of rotatable bonds is 7. The van der Waals surface area contributed by atoms with Crippen molar-refractivity contribution in [3.63, 3.8) is 0 Å². The molecule has 9 heteroatoms. The van der Waals surface area contributed by atoms with Crippen molar-refractivity contribution in [3.05, 3.63) is 39.6 Å². The zero-order valence-electron chi connectivity index (χ0n) is 14.8. The molecule has 0 atom stereocenters. The number of aromatic nitrogens is 2. The molecule has 2 aromatic heterocycles. The van der Waals surface area contributed by atoms with Gasteiger partial charge in [0.05, 0.1) is 6.54 Å². The lowest BCUT2D eigenvalue weighted by atomic mass is 10.1. The fraction of sp³-hybridized carbons (Fsp3) is 0.471. The van der Waals surface area contributed by atoms with Crippen LogP contribution in [-0.4, -0.2) is 39.4 Å². The molecule has 0 N–H and O–H groups in total. The van der Waals surface area contributed by atoms with E-state index in [0.29, 0.717) is 5.56 Å². The molecule has 26 heavy (non-hydrogen) atoms. The largest absolute Gasteiger partial charge is 0.406 e. The summed E-state index contributed by atoms with van der Waals surface area (Å²) < 4.78 is 38.6. The van der Waals surface area contributed by atoms with Gasteiger partial charge in [0.15, 0.2) is 5.78 Å². The molecule has 0 radical (unpaired) electrons. The Morgan fingerprint density at radius 1 is 1.27 bits per heavy atom. The Bertz CT molecular complexity index is 796. The lowest BCUT2D eigenvalue weighted by Gasteiger charge is -2.18. The standard InChI is InChI=1S/C17H20F3N3O2S/c1-11-8-13(12(2)26-11)14(24)4-5-16(25)22(3)9-15-21-6-7-23(15)10-17(18,19)20/h6-8H,4-5,9-10H2,1-3H3. The van der Waals surface area contributed by atoms with E-state index in [2.05, 4.69) is 4.98 Å². The predicted octanol–water partition coefficient (Wildman–Crippen LogP) is 3.75. The zero-order valence-corrected chi connectivity index (χ0v) is 15.6. The normalized spacial score (nSPS) is 11.6. The molecular formula is C17H20F3N3O2S. The van der Waals surface area contributed by atoms with Gasteiger partial charge in [-0.1, -0.05) is 0 Å². The highest BCUT2D eigenvalue weighted by atomic mass is 32.1. The van der Waals surface area contributed by atoms with Crippen molar-refractivity contribution in [3.8, 4) is 0 Å². The summed E-state index contributed by atoms with van der Waals surface area (Å²) >= 11 is 1.53. The summed E-state index contributed by atoms with van der Waals surface area (Å²) in [7, 11) is 1.49. The molecular weight excluding hydrogens is 367 g/mol. The summed E-state index contributed by atoms with van der Waals surface area (Å²) in [5.74, 6) is -0.273. The van der Waals surface area contributed by atoms with Crippen LogP contribution in [0.1, 0.15) is 38.8 Å². The topological polar surface area (TPSA) is 55.2 Å². The second kappa shape index (κ2) is 8.03. The van der Waals surface area contributed by atoms with Gasteiger partial charge < -0.3 is 9.47 Å². The van der Waals surface area contributed by atoms with E-state index in [0.717, 1.165) is 14.3 Å². The first kappa shape index (κ1) is 20.2.